The highest BCUT2D eigenvalue weighted by Crippen LogP contribution is 2.40. The minimum Gasteiger partial charge on any atom is -0.462 e. The number of fused-ring (bicyclic) bond motifs is 1. The summed E-state index contributed by atoms with van der Waals surface area (Å²) in [6, 6.07) is 9.74. The van der Waals surface area contributed by atoms with Crippen molar-refractivity contribution < 1.29 is 66.5 Å². The number of rotatable bonds is 53. The van der Waals surface area contributed by atoms with Crippen molar-refractivity contribution in [3.63, 3.8) is 0 Å². The van der Waals surface area contributed by atoms with Gasteiger partial charge in [-0.15, -0.1) is 0 Å². The fourth-order valence-corrected chi connectivity index (χ4v) is 12.3. The fraction of sp³-hybridized carbons (Fsp3) is 0.877. The molecule has 3 aliphatic rings. The summed E-state index contributed by atoms with van der Waals surface area (Å²) >= 11 is 0. The Morgan fingerprint density at radius 3 is 1.48 bits per heavy atom. The molecule has 3 heterocycles. The summed E-state index contributed by atoms with van der Waals surface area (Å²) in [6.07, 6.45) is 31.8. The summed E-state index contributed by atoms with van der Waals surface area (Å²) in [4.78, 5) is 42.3. The lowest BCUT2D eigenvalue weighted by Crippen LogP contribution is -2.61. The van der Waals surface area contributed by atoms with E-state index in [9.17, 15) is 14.4 Å². The lowest BCUT2D eigenvalue weighted by atomic mass is 9.90. The number of unbranched alkanes of at least 4 members (excludes halogenated alkanes) is 27. The van der Waals surface area contributed by atoms with E-state index < -0.39 is 73.5 Å². The van der Waals surface area contributed by atoms with Gasteiger partial charge in [-0.2, -0.15) is 0 Å². The van der Waals surface area contributed by atoms with Crippen LogP contribution in [0.1, 0.15) is 311 Å². The van der Waals surface area contributed by atoms with Gasteiger partial charge in [-0.3, -0.25) is 14.4 Å². The number of ether oxygens (including phenoxy) is 11. The SMILES string of the molecule is CCCCCCCCCCCC(=O)O[C@H](CCCCCCCCCCC)CC(=O)OC1C(C)[C@H](OCC2O[C@H](OCCCC)C(C)[C@@H](OC(=O)C[C@@H](CCCCCCCCCCC)OCCCC)[C@@H]2OCCCC)OC2COC(c3ccccc3)O[C@H]21. The third kappa shape index (κ3) is 31.9. The van der Waals surface area contributed by atoms with Gasteiger partial charge in [-0.05, 0) is 44.9 Å². The smallest absolute Gasteiger partial charge is 0.309 e. The maximum Gasteiger partial charge on any atom is 0.309 e. The lowest BCUT2D eigenvalue weighted by molar-refractivity contribution is -0.360. The monoisotopic (exact) mass is 1230 g/mol. The molecule has 14 heteroatoms. The van der Waals surface area contributed by atoms with E-state index in [4.69, 9.17) is 52.1 Å². The molecule has 87 heavy (non-hydrogen) atoms. The number of benzene rings is 1. The Morgan fingerprint density at radius 2 is 0.920 bits per heavy atom. The second-order valence-corrected chi connectivity index (χ2v) is 25.8. The Kier molecular flexibility index (Phi) is 43.2. The van der Waals surface area contributed by atoms with E-state index in [1.54, 1.807) is 0 Å². The fourth-order valence-electron chi connectivity index (χ4n) is 12.3. The van der Waals surface area contributed by atoms with Crippen molar-refractivity contribution in [3.8, 4) is 0 Å². The number of esters is 3. The van der Waals surface area contributed by atoms with Crippen LogP contribution in [-0.2, 0) is 66.5 Å². The third-order valence-corrected chi connectivity index (χ3v) is 17.9. The van der Waals surface area contributed by atoms with Gasteiger partial charge in [0.05, 0.1) is 32.2 Å². The summed E-state index contributed by atoms with van der Waals surface area (Å²) in [5.41, 5.74) is 0.842. The molecule has 1 aromatic rings. The molecular formula is C73H128O14. The van der Waals surface area contributed by atoms with Crippen LogP contribution in [0.3, 0.4) is 0 Å². The van der Waals surface area contributed by atoms with Crippen molar-refractivity contribution in [3.05, 3.63) is 35.9 Å². The molecule has 0 N–H and O–H groups in total. The van der Waals surface area contributed by atoms with Crippen molar-refractivity contribution in [2.24, 2.45) is 11.8 Å². The topological polar surface area (TPSA) is 153 Å². The molecule has 6 unspecified atom stereocenters. The number of hydrogen-bond donors (Lipinski definition) is 0. The molecule has 1 aromatic carbocycles. The molecule has 0 amide bonds. The van der Waals surface area contributed by atoms with E-state index >= 15 is 0 Å². The average Bonchev–Trinajstić information content (AvgIpc) is 1.06. The van der Waals surface area contributed by atoms with E-state index in [1.165, 1.54) is 122 Å². The first kappa shape index (κ1) is 76.8. The van der Waals surface area contributed by atoms with Crippen LogP contribution in [0, 0.1) is 11.8 Å². The molecule has 3 fully saturated rings. The molecule has 3 aliphatic heterocycles. The summed E-state index contributed by atoms with van der Waals surface area (Å²) in [5.74, 6) is -1.93. The van der Waals surface area contributed by atoms with Crippen molar-refractivity contribution in [1.82, 2.24) is 0 Å². The minimum atomic E-state index is -0.891. The number of carbonyl (C=O) groups is 3. The zero-order valence-corrected chi connectivity index (χ0v) is 56.5. The molecule has 0 aliphatic carbocycles. The molecule has 0 radical (unpaired) electrons. The van der Waals surface area contributed by atoms with Crippen LogP contribution in [0.2, 0.25) is 0 Å². The van der Waals surface area contributed by atoms with Crippen molar-refractivity contribution >= 4 is 17.9 Å². The summed E-state index contributed by atoms with van der Waals surface area (Å²) in [7, 11) is 0. The van der Waals surface area contributed by atoms with Gasteiger partial charge < -0.3 is 52.1 Å². The van der Waals surface area contributed by atoms with Crippen LogP contribution >= 0.6 is 0 Å². The van der Waals surface area contributed by atoms with Crippen LogP contribution < -0.4 is 0 Å². The molecule has 3 saturated heterocycles. The van der Waals surface area contributed by atoms with Crippen LogP contribution in [0.25, 0.3) is 0 Å². The van der Waals surface area contributed by atoms with Gasteiger partial charge in [0.2, 0.25) is 0 Å². The Labute approximate surface area is 530 Å². The molecule has 504 valence electrons. The highest BCUT2D eigenvalue weighted by molar-refractivity contribution is 5.73. The quantitative estimate of drug-likeness (QED) is 0.0345. The van der Waals surface area contributed by atoms with Gasteiger partial charge in [-0.25, -0.2) is 0 Å². The first-order valence-corrected chi connectivity index (χ1v) is 36.2. The second kappa shape index (κ2) is 49.0. The van der Waals surface area contributed by atoms with Gasteiger partial charge in [0, 0.05) is 43.6 Å². The first-order chi connectivity index (χ1) is 42.6. The number of carbonyl (C=O) groups excluding carboxylic acids is 3. The number of hydrogen-bond acceptors (Lipinski definition) is 14. The Bertz CT molecular complexity index is 1840. The molecule has 13 atom stereocenters. The summed E-state index contributed by atoms with van der Waals surface area (Å²) in [6.45, 7) is 18.8. The van der Waals surface area contributed by atoms with Crippen LogP contribution in [0.15, 0.2) is 30.3 Å². The van der Waals surface area contributed by atoms with Crippen molar-refractivity contribution in [2.45, 2.75) is 367 Å². The molecule has 0 aromatic heterocycles. The highest BCUT2D eigenvalue weighted by atomic mass is 16.8. The van der Waals surface area contributed by atoms with E-state index in [0.717, 1.165) is 102 Å². The van der Waals surface area contributed by atoms with Crippen molar-refractivity contribution in [1.29, 1.82) is 0 Å². The normalized spacial score (nSPS) is 24.5. The van der Waals surface area contributed by atoms with Gasteiger partial charge >= 0.3 is 17.9 Å². The molecule has 0 saturated carbocycles. The van der Waals surface area contributed by atoms with Crippen LogP contribution in [-0.4, -0.2) is 112 Å². The average molecular weight is 1230 g/mol. The van der Waals surface area contributed by atoms with Gasteiger partial charge in [-0.1, -0.05) is 266 Å². The largest absolute Gasteiger partial charge is 0.462 e. The zero-order chi connectivity index (χ0) is 62.5. The summed E-state index contributed by atoms with van der Waals surface area (Å²) in [5, 5.41) is 0. The first-order valence-electron chi connectivity index (χ1n) is 36.2. The Balaban J connectivity index is 1.52. The Morgan fingerprint density at radius 1 is 0.460 bits per heavy atom. The van der Waals surface area contributed by atoms with Gasteiger partial charge in [0.1, 0.15) is 42.7 Å². The molecular weight excluding hydrogens is 1100 g/mol. The molecule has 0 spiro atoms. The van der Waals surface area contributed by atoms with E-state index in [2.05, 4.69) is 41.5 Å². The summed E-state index contributed by atoms with van der Waals surface area (Å²) < 4.78 is 72.4. The van der Waals surface area contributed by atoms with E-state index in [1.807, 2.05) is 44.2 Å². The lowest BCUT2D eigenvalue weighted by Gasteiger charge is -2.49. The minimum absolute atomic E-state index is 0.00367. The predicted octanol–water partition coefficient (Wildman–Crippen LogP) is 18.3. The highest BCUT2D eigenvalue weighted by Gasteiger charge is 2.53. The standard InChI is InChI=1S/C73H128O14/c1-9-15-21-24-27-30-33-36-42-47-60(77-50-18-12-4)53-65(75)85-67-57(7)71(79-52-20-14-6)83-62(69(67)78-51-19-13-5)55-80-72-58(8)68(70-63(84-72)56-81-73(87-70)59-45-40-39-41-46-59)86-66(76)54-61(48-43-37-34-31-28-25-22-16-10-2)82-64(74)49-44-38-35-32-29-26-23-17-11-3/h39-41,45-46,57-58,60-63,67-73H,9-38,42-44,47-56H2,1-8H3/t57?,58?,60-,61-,62?,63?,67-,68?,69-,70-,71+,72-,73?/m1/s1. The zero-order valence-electron chi connectivity index (χ0n) is 56.5. The third-order valence-electron chi connectivity index (χ3n) is 17.9. The van der Waals surface area contributed by atoms with Crippen molar-refractivity contribution in [2.75, 3.05) is 33.0 Å². The van der Waals surface area contributed by atoms with Gasteiger partial charge in [0.15, 0.2) is 18.9 Å². The van der Waals surface area contributed by atoms with E-state index in [0.29, 0.717) is 32.7 Å². The maximum absolute atomic E-state index is 14.5. The van der Waals surface area contributed by atoms with Gasteiger partial charge in [0.25, 0.3) is 0 Å². The van der Waals surface area contributed by atoms with Crippen LogP contribution in [0.5, 0.6) is 0 Å². The van der Waals surface area contributed by atoms with E-state index in [-0.39, 0.29) is 50.0 Å². The molecule has 4 rings (SSSR count). The molecule has 14 nitrogen and oxygen atoms in total. The molecule has 0 bridgehead atoms. The van der Waals surface area contributed by atoms with Crippen LogP contribution in [0.4, 0.5) is 0 Å². The maximum atomic E-state index is 14.5. The predicted molar refractivity (Wildman–Crippen MR) is 346 cm³/mol. The Hall–Kier alpha value is -2.69. The second-order valence-electron chi connectivity index (χ2n) is 25.8.